The first kappa shape index (κ1) is 15.0. The second-order valence-electron chi connectivity index (χ2n) is 3.29. The largest absolute Gasteiger partial charge is 0.481 e. The van der Waals surface area contributed by atoms with Crippen LogP contribution in [0.5, 0.6) is 0 Å². The molecule has 7 nitrogen and oxygen atoms in total. The highest BCUT2D eigenvalue weighted by molar-refractivity contribution is 5.89. The quantitative estimate of drug-likeness (QED) is 0.494. The topological polar surface area (TPSA) is 132 Å². The third kappa shape index (κ3) is 3.83. The second-order valence-corrected chi connectivity index (χ2v) is 3.29. The molecule has 0 aromatic heterocycles. The number of halogens is 1. The third-order valence-electron chi connectivity index (χ3n) is 2.13. The Balaban J connectivity index is 5.28. The smallest absolute Gasteiger partial charge is 0.337 e. The molecule has 0 aliphatic carbocycles. The number of hydrogen-bond acceptors (Lipinski definition) is 4. The lowest BCUT2D eigenvalue weighted by atomic mass is 9.82. The van der Waals surface area contributed by atoms with E-state index in [0.717, 1.165) is 0 Å². The summed E-state index contributed by atoms with van der Waals surface area (Å²) in [5, 5.41) is 35.5. The Morgan fingerprint density at radius 1 is 1.24 bits per heavy atom. The molecule has 0 radical (unpaired) electrons. The highest BCUT2D eigenvalue weighted by atomic mass is 19.1. The van der Waals surface area contributed by atoms with Crippen molar-refractivity contribution in [3.05, 3.63) is 12.4 Å². The van der Waals surface area contributed by atoms with Crippen LogP contribution >= 0.6 is 0 Å². The highest BCUT2D eigenvalue weighted by Crippen LogP contribution is 2.26. The lowest BCUT2D eigenvalue weighted by molar-refractivity contribution is -0.178. The minimum absolute atomic E-state index is 0.0149. The standard InChI is InChI=1S/C9H11FO7/c10-3-1-2-5(7(13)14)9(17,8(15)16)4-6(11)12/h1,3,5,17H,2,4H2,(H,11,12)(H,13,14)(H,15,16). The number of rotatable bonds is 7. The number of aliphatic hydroxyl groups is 1. The summed E-state index contributed by atoms with van der Waals surface area (Å²) in [6, 6.07) is 0. The van der Waals surface area contributed by atoms with Crippen molar-refractivity contribution in [3.8, 4) is 0 Å². The molecule has 0 aliphatic heterocycles. The minimum Gasteiger partial charge on any atom is -0.481 e. The zero-order chi connectivity index (χ0) is 13.6. The van der Waals surface area contributed by atoms with Gasteiger partial charge >= 0.3 is 17.9 Å². The summed E-state index contributed by atoms with van der Waals surface area (Å²) in [7, 11) is 0. The summed E-state index contributed by atoms with van der Waals surface area (Å²) in [6.45, 7) is 0. The molecular weight excluding hydrogens is 239 g/mol. The van der Waals surface area contributed by atoms with E-state index in [2.05, 4.69) is 0 Å². The van der Waals surface area contributed by atoms with Gasteiger partial charge in [0.25, 0.3) is 0 Å². The van der Waals surface area contributed by atoms with Crippen LogP contribution < -0.4 is 0 Å². The van der Waals surface area contributed by atoms with Gasteiger partial charge in [0.05, 0.1) is 12.8 Å². The average molecular weight is 250 g/mol. The highest BCUT2D eigenvalue weighted by Gasteiger charge is 2.49. The summed E-state index contributed by atoms with van der Waals surface area (Å²) in [5.41, 5.74) is -2.99. The van der Waals surface area contributed by atoms with Crippen LogP contribution in [0.25, 0.3) is 0 Å². The summed E-state index contributed by atoms with van der Waals surface area (Å²) in [4.78, 5) is 31.9. The fourth-order valence-electron chi connectivity index (χ4n) is 1.27. The van der Waals surface area contributed by atoms with Crippen molar-refractivity contribution in [2.75, 3.05) is 0 Å². The van der Waals surface area contributed by atoms with E-state index in [0.29, 0.717) is 6.08 Å². The first-order valence-corrected chi connectivity index (χ1v) is 4.41. The Hall–Kier alpha value is -1.96. The number of carboxylic acids is 3. The number of carboxylic acid groups (broad SMARTS) is 3. The fraction of sp³-hybridized carbons (Fsp3) is 0.444. The second kappa shape index (κ2) is 5.94. The molecule has 0 aromatic carbocycles. The summed E-state index contributed by atoms with van der Waals surface area (Å²) < 4.78 is 11.7. The van der Waals surface area contributed by atoms with Crippen molar-refractivity contribution < 1.29 is 39.2 Å². The summed E-state index contributed by atoms with van der Waals surface area (Å²) in [6.07, 6.45) is -1.26. The van der Waals surface area contributed by atoms with Gasteiger partial charge in [0.2, 0.25) is 0 Å². The molecule has 4 N–H and O–H groups in total. The maximum absolute atomic E-state index is 11.7. The number of aliphatic carboxylic acids is 3. The van der Waals surface area contributed by atoms with Crippen LogP contribution in [0, 0.1) is 5.92 Å². The molecule has 0 heterocycles. The van der Waals surface area contributed by atoms with Gasteiger partial charge in [0, 0.05) is 0 Å². The van der Waals surface area contributed by atoms with Crippen LogP contribution in [-0.2, 0) is 14.4 Å². The zero-order valence-corrected chi connectivity index (χ0v) is 8.54. The lowest BCUT2D eigenvalue weighted by Crippen LogP contribution is -2.50. The van der Waals surface area contributed by atoms with Crippen LogP contribution in [0.15, 0.2) is 12.4 Å². The van der Waals surface area contributed by atoms with Crippen LogP contribution in [0.3, 0.4) is 0 Å². The average Bonchev–Trinajstić information content (AvgIpc) is 2.16. The van der Waals surface area contributed by atoms with Crippen LogP contribution in [0.2, 0.25) is 0 Å². The Morgan fingerprint density at radius 2 is 1.76 bits per heavy atom. The van der Waals surface area contributed by atoms with Crippen molar-refractivity contribution in [3.63, 3.8) is 0 Å². The molecule has 0 aliphatic rings. The van der Waals surface area contributed by atoms with Crippen LogP contribution in [0.4, 0.5) is 4.39 Å². The monoisotopic (exact) mass is 250 g/mol. The Labute approximate surface area is 94.8 Å². The third-order valence-corrected chi connectivity index (χ3v) is 2.13. The van der Waals surface area contributed by atoms with Gasteiger partial charge < -0.3 is 20.4 Å². The van der Waals surface area contributed by atoms with Crippen LogP contribution in [0.1, 0.15) is 12.8 Å². The Kier molecular flexibility index (Phi) is 5.26. The molecule has 8 heteroatoms. The van der Waals surface area contributed by atoms with E-state index in [1.807, 2.05) is 0 Å². The molecule has 0 saturated heterocycles. The van der Waals surface area contributed by atoms with E-state index in [1.165, 1.54) is 0 Å². The molecule has 0 saturated carbocycles. The lowest BCUT2D eigenvalue weighted by Gasteiger charge is -2.27. The van der Waals surface area contributed by atoms with Gasteiger partial charge in [-0.2, -0.15) is 0 Å². The normalized spacial score (nSPS) is 16.4. The van der Waals surface area contributed by atoms with E-state index >= 15 is 0 Å². The molecule has 0 bridgehead atoms. The molecule has 0 amide bonds. The van der Waals surface area contributed by atoms with Crippen molar-refractivity contribution in [2.45, 2.75) is 18.4 Å². The maximum atomic E-state index is 11.7. The number of allylic oxidation sites excluding steroid dienone is 1. The van der Waals surface area contributed by atoms with E-state index in [9.17, 15) is 23.9 Å². The van der Waals surface area contributed by atoms with Gasteiger partial charge in [0.15, 0.2) is 5.60 Å². The molecule has 96 valence electrons. The van der Waals surface area contributed by atoms with E-state index in [-0.39, 0.29) is 6.33 Å². The molecule has 17 heavy (non-hydrogen) atoms. The van der Waals surface area contributed by atoms with E-state index in [4.69, 9.17) is 15.3 Å². The Bertz CT molecular complexity index is 351. The molecular formula is C9H11FO7. The molecule has 0 aromatic rings. The molecule has 2 atom stereocenters. The molecule has 2 unspecified atom stereocenters. The van der Waals surface area contributed by atoms with Gasteiger partial charge in [-0.3, -0.25) is 9.59 Å². The van der Waals surface area contributed by atoms with Gasteiger partial charge in [0.1, 0.15) is 5.92 Å². The van der Waals surface area contributed by atoms with Gasteiger partial charge in [-0.05, 0) is 6.42 Å². The van der Waals surface area contributed by atoms with Gasteiger partial charge in [-0.1, -0.05) is 6.08 Å². The first-order chi connectivity index (χ1) is 7.75. The summed E-state index contributed by atoms with van der Waals surface area (Å²) in [5.74, 6) is -7.35. The van der Waals surface area contributed by atoms with Crippen molar-refractivity contribution in [1.29, 1.82) is 0 Å². The minimum atomic E-state index is -2.99. The predicted molar refractivity (Wildman–Crippen MR) is 50.8 cm³/mol. The molecule has 0 rings (SSSR count). The van der Waals surface area contributed by atoms with Crippen molar-refractivity contribution in [2.24, 2.45) is 5.92 Å². The molecule has 0 spiro atoms. The number of carbonyl (C=O) groups is 3. The first-order valence-electron chi connectivity index (χ1n) is 4.41. The van der Waals surface area contributed by atoms with Crippen LogP contribution in [-0.4, -0.2) is 43.9 Å². The van der Waals surface area contributed by atoms with E-state index in [1.54, 1.807) is 0 Å². The zero-order valence-electron chi connectivity index (χ0n) is 8.54. The van der Waals surface area contributed by atoms with Gasteiger partial charge in [-0.25, -0.2) is 9.18 Å². The van der Waals surface area contributed by atoms with E-state index < -0.39 is 42.3 Å². The summed E-state index contributed by atoms with van der Waals surface area (Å²) >= 11 is 0. The Morgan fingerprint density at radius 3 is 2.06 bits per heavy atom. The fourth-order valence-corrected chi connectivity index (χ4v) is 1.27. The maximum Gasteiger partial charge on any atom is 0.337 e. The van der Waals surface area contributed by atoms with Crippen molar-refractivity contribution in [1.82, 2.24) is 0 Å². The van der Waals surface area contributed by atoms with Crippen molar-refractivity contribution >= 4 is 17.9 Å². The predicted octanol–water partition coefficient (Wildman–Crippen LogP) is -0.149. The SMILES string of the molecule is O=C(O)CC(O)(C(=O)O)C(CC=CF)C(=O)O. The molecule has 0 fully saturated rings. The van der Waals surface area contributed by atoms with Gasteiger partial charge in [-0.15, -0.1) is 0 Å². The number of hydrogen-bond donors (Lipinski definition) is 4.